The summed E-state index contributed by atoms with van der Waals surface area (Å²) in [5.74, 6) is 0.572. The Morgan fingerprint density at radius 2 is 1.90 bits per heavy atom. The van der Waals surface area contributed by atoms with Crippen LogP contribution in [-0.2, 0) is 0 Å². The molecule has 2 aromatic carbocycles. The third-order valence-electron chi connectivity index (χ3n) is 3.16. The maximum atomic E-state index is 12.4. The number of Topliss-reactive ketones (excluding diaryl/α,β-unsaturated/α-hetero) is 1. The smallest absolute Gasteiger partial charge is 0.173 e. The number of fused-ring (bicyclic) bond motifs is 1. The SMILES string of the molecule is O=C(CSc1ccc(Br)cc1)c1cccc2cnccc12. The van der Waals surface area contributed by atoms with Crippen molar-refractivity contribution in [2.75, 3.05) is 5.75 Å². The Morgan fingerprint density at radius 1 is 1.10 bits per heavy atom. The fourth-order valence-electron chi connectivity index (χ4n) is 2.12. The molecule has 0 amide bonds. The lowest BCUT2D eigenvalue weighted by Gasteiger charge is -2.05. The minimum absolute atomic E-state index is 0.139. The molecule has 0 aliphatic carbocycles. The number of hydrogen-bond donors (Lipinski definition) is 0. The summed E-state index contributed by atoms with van der Waals surface area (Å²) in [6, 6.07) is 15.6. The Morgan fingerprint density at radius 3 is 2.71 bits per heavy atom. The Kier molecular flexibility index (Phi) is 4.36. The zero-order valence-electron chi connectivity index (χ0n) is 11.1. The van der Waals surface area contributed by atoms with Gasteiger partial charge in [0.15, 0.2) is 5.78 Å². The molecule has 1 heterocycles. The molecule has 0 bridgehead atoms. The predicted molar refractivity (Wildman–Crippen MR) is 90.9 cm³/mol. The van der Waals surface area contributed by atoms with Crippen LogP contribution >= 0.6 is 27.7 Å². The highest BCUT2D eigenvalue weighted by atomic mass is 79.9. The number of aromatic nitrogens is 1. The first-order chi connectivity index (χ1) is 10.2. The molecule has 2 nitrogen and oxygen atoms in total. The number of hydrogen-bond acceptors (Lipinski definition) is 3. The van der Waals surface area contributed by atoms with E-state index in [0.717, 1.165) is 25.7 Å². The van der Waals surface area contributed by atoms with E-state index in [0.29, 0.717) is 5.75 Å². The number of halogens is 1. The van der Waals surface area contributed by atoms with Crippen molar-refractivity contribution in [1.82, 2.24) is 4.98 Å². The minimum atomic E-state index is 0.139. The van der Waals surface area contributed by atoms with Crippen molar-refractivity contribution in [3.05, 3.63) is 71.0 Å². The van der Waals surface area contributed by atoms with Crippen molar-refractivity contribution in [2.45, 2.75) is 4.90 Å². The van der Waals surface area contributed by atoms with Crippen molar-refractivity contribution >= 4 is 44.2 Å². The molecule has 0 atom stereocenters. The second-order valence-corrected chi connectivity index (χ2v) is 6.53. The third-order valence-corrected chi connectivity index (χ3v) is 4.71. The van der Waals surface area contributed by atoms with Crippen LogP contribution in [0.15, 0.2) is 70.3 Å². The summed E-state index contributed by atoms with van der Waals surface area (Å²) in [5.41, 5.74) is 0.763. The van der Waals surface area contributed by atoms with Gasteiger partial charge < -0.3 is 0 Å². The van der Waals surface area contributed by atoms with E-state index in [1.165, 1.54) is 0 Å². The van der Waals surface area contributed by atoms with Crippen molar-refractivity contribution in [2.24, 2.45) is 0 Å². The van der Waals surface area contributed by atoms with E-state index < -0.39 is 0 Å². The summed E-state index contributed by atoms with van der Waals surface area (Å²) in [5, 5.41) is 1.96. The fraction of sp³-hybridized carbons (Fsp3) is 0.0588. The second kappa shape index (κ2) is 6.41. The molecule has 3 aromatic rings. The van der Waals surface area contributed by atoms with E-state index in [9.17, 15) is 4.79 Å². The minimum Gasteiger partial charge on any atom is -0.293 e. The molecule has 0 radical (unpaired) electrons. The topological polar surface area (TPSA) is 30.0 Å². The molecule has 4 heteroatoms. The van der Waals surface area contributed by atoms with Crippen molar-refractivity contribution < 1.29 is 4.79 Å². The van der Waals surface area contributed by atoms with Gasteiger partial charge in [0.25, 0.3) is 0 Å². The van der Waals surface area contributed by atoms with Crippen LogP contribution in [0.4, 0.5) is 0 Å². The quantitative estimate of drug-likeness (QED) is 0.487. The molecule has 21 heavy (non-hydrogen) atoms. The van der Waals surface area contributed by atoms with E-state index in [2.05, 4.69) is 20.9 Å². The number of ketones is 1. The second-order valence-electron chi connectivity index (χ2n) is 4.57. The Hall–Kier alpha value is -1.65. The maximum absolute atomic E-state index is 12.4. The van der Waals surface area contributed by atoms with E-state index in [1.807, 2.05) is 48.5 Å². The van der Waals surface area contributed by atoms with Gasteiger partial charge in [-0.05, 0) is 35.7 Å². The number of nitrogens with zero attached hydrogens (tertiary/aromatic N) is 1. The van der Waals surface area contributed by atoms with Gasteiger partial charge in [0.05, 0.1) is 5.75 Å². The average Bonchev–Trinajstić information content (AvgIpc) is 2.53. The molecule has 3 rings (SSSR count). The normalized spacial score (nSPS) is 10.7. The molecule has 0 saturated carbocycles. The monoisotopic (exact) mass is 357 g/mol. The van der Waals surface area contributed by atoms with Crippen LogP contribution in [0.25, 0.3) is 10.8 Å². The standard InChI is InChI=1S/C17H12BrNOS/c18-13-4-6-14(7-5-13)21-11-17(20)16-3-1-2-12-10-19-9-8-15(12)16/h1-10H,11H2. The number of benzene rings is 2. The van der Waals surface area contributed by atoms with Crippen molar-refractivity contribution in [3.63, 3.8) is 0 Å². The van der Waals surface area contributed by atoms with Crippen LogP contribution in [0.5, 0.6) is 0 Å². The number of carbonyl (C=O) groups is 1. The Labute approximate surface area is 135 Å². The van der Waals surface area contributed by atoms with Gasteiger partial charge in [0, 0.05) is 32.7 Å². The summed E-state index contributed by atoms with van der Waals surface area (Å²) in [4.78, 5) is 17.6. The van der Waals surface area contributed by atoms with Gasteiger partial charge in [-0.3, -0.25) is 9.78 Å². The Bertz CT molecular complexity index is 781. The molecule has 0 aliphatic heterocycles. The van der Waals surface area contributed by atoms with Gasteiger partial charge in [0.1, 0.15) is 0 Å². The highest BCUT2D eigenvalue weighted by Crippen LogP contribution is 2.24. The first-order valence-corrected chi connectivity index (χ1v) is 8.26. The molecule has 0 fully saturated rings. The van der Waals surface area contributed by atoms with Crippen molar-refractivity contribution in [1.29, 1.82) is 0 Å². The first kappa shape index (κ1) is 14.3. The summed E-state index contributed by atoms with van der Waals surface area (Å²) in [6.45, 7) is 0. The molecule has 0 unspecified atom stereocenters. The van der Waals surface area contributed by atoms with E-state index in [4.69, 9.17) is 0 Å². The number of rotatable bonds is 4. The van der Waals surface area contributed by atoms with E-state index >= 15 is 0 Å². The van der Waals surface area contributed by atoms with Gasteiger partial charge in [-0.25, -0.2) is 0 Å². The largest absolute Gasteiger partial charge is 0.293 e. The van der Waals surface area contributed by atoms with Gasteiger partial charge in [0.2, 0.25) is 0 Å². The summed E-state index contributed by atoms with van der Waals surface area (Å²) in [7, 11) is 0. The summed E-state index contributed by atoms with van der Waals surface area (Å²) >= 11 is 4.96. The lowest BCUT2D eigenvalue weighted by molar-refractivity contribution is 0.102. The molecule has 1 aromatic heterocycles. The van der Waals surface area contributed by atoms with Crippen LogP contribution in [0, 0.1) is 0 Å². The van der Waals surface area contributed by atoms with Gasteiger partial charge >= 0.3 is 0 Å². The highest BCUT2D eigenvalue weighted by Gasteiger charge is 2.10. The Balaban J connectivity index is 1.79. The van der Waals surface area contributed by atoms with Crippen LogP contribution in [0.1, 0.15) is 10.4 Å². The van der Waals surface area contributed by atoms with Crippen molar-refractivity contribution in [3.8, 4) is 0 Å². The molecular formula is C17H12BrNOS. The average molecular weight is 358 g/mol. The zero-order chi connectivity index (χ0) is 14.7. The summed E-state index contributed by atoms with van der Waals surface area (Å²) < 4.78 is 1.04. The maximum Gasteiger partial charge on any atom is 0.173 e. The molecule has 0 N–H and O–H groups in total. The van der Waals surface area contributed by atoms with E-state index in [1.54, 1.807) is 24.2 Å². The number of carbonyl (C=O) groups excluding carboxylic acids is 1. The first-order valence-electron chi connectivity index (χ1n) is 6.48. The molecule has 104 valence electrons. The summed E-state index contributed by atoms with van der Waals surface area (Å²) in [6.07, 6.45) is 3.51. The number of pyridine rings is 1. The lowest BCUT2D eigenvalue weighted by atomic mass is 10.0. The van der Waals surface area contributed by atoms with Gasteiger partial charge in [-0.1, -0.05) is 34.1 Å². The molecular weight excluding hydrogens is 346 g/mol. The van der Waals surface area contributed by atoms with E-state index in [-0.39, 0.29) is 5.78 Å². The van der Waals surface area contributed by atoms with Crippen LogP contribution in [0.3, 0.4) is 0 Å². The fourth-order valence-corrected chi connectivity index (χ4v) is 3.17. The predicted octanol–water partition coefficient (Wildman–Crippen LogP) is 4.97. The van der Waals surface area contributed by atoms with Crippen LogP contribution in [-0.4, -0.2) is 16.5 Å². The van der Waals surface area contributed by atoms with Crippen LogP contribution in [0.2, 0.25) is 0 Å². The molecule has 0 spiro atoms. The van der Waals surface area contributed by atoms with Crippen LogP contribution < -0.4 is 0 Å². The lowest BCUT2D eigenvalue weighted by Crippen LogP contribution is -2.03. The zero-order valence-corrected chi connectivity index (χ0v) is 13.5. The number of thioether (sulfide) groups is 1. The highest BCUT2D eigenvalue weighted by molar-refractivity contribution is 9.10. The molecule has 0 aliphatic rings. The molecule has 0 saturated heterocycles. The van der Waals surface area contributed by atoms with Gasteiger partial charge in [-0.15, -0.1) is 11.8 Å². The van der Waals surface area contributed by atoms with Gasteiger partial charge in [-0.2, -0.15) is 0 Å². The third kappa shape index (κ3) is 3.34.